The molecule has 5 heteroatoms. The predicted molar refractivity (Wildman–Crippen MR) is 72.5 cm³/mol. The molecule has 0 saturated carbocycles. The van der Waals surface area contributed by atoms with Gasteiger partial charge in [-0.15, -0.1) is 0 Å². The lowest BCUT2D eigenvalue weighted by Gasteiger charge is -2.62. The van der Waals surface area contributed by atoms with Crippen molar-refractivity contribution in [3.05, 3.63) is 0 Å². The normalized spacial score (nSPS) is 48.7. The van der Waals surface area contributed by atoms with Crippen LogP contribution in [0.25, 0.3) is 0 Å². The summed E-state index contributed by atoms with van der Waals surface area (Å²) in [6, 6.07) is 0.397. The maximum absolute atomic E-state index is 12.2. The number of carbonyl (C=O) groups excluding carboxylic acids is 1. The Balaban J connectivity index is 1.70. The van der Waals surface area contributed by atoms with Gasteiger partial charge in [0.2, 0.25) is 5.91 Å². The number of hydrogen-bond acceptors (Lipinski definition) is 4. The van der Waals surface area contributed by atoms with E-state index >= 15 is 0 Å². The molecule has 5 atom stereocenters. The van der Waals surface area contributed by atoms with Gasteiger partial charge in [0, 0.05) is 31.5 Å². The number of hydrogen-bond donors (Lipinski definition) is 2. The van der Waals surface area contributed by atoms with Crippen LogP contribution in [0.2, 0.25) is 0 Å². The first kappa shape index (κ1) is 13.0. The molecule has 4 rings (SSSR count). The Bertz CT molecular complexity index is 429. The van der Waals surface area contributed by atoms with E-state index in [1.165, 1.54) is 6.42 Å². The molecule has 0 aromatic heterocycles. The van der Waals surface area contributed by atoms with Crippen molar-refractivity contribution in [3.8, 4) is 0 Å². The SMILES string of the molecule is O=C1CCC[C@]2(O)[C@H]3C[C@@H](CN12)[C@H]1CCCCN1C3O. The molecule has 2 bridgehead atoms. The summed E-state index contributed by atoms with van der Waals surface area (Å²) >= 11 is 0. The fraction of sp³-hybridized carbons (Fsp3) is 0.933. The molecule has 4 aliphatic heterocycles. The van der Waals surface area contributed by atoms with Crippen LogP contribution in [0.5, 0.6) is 0 Å². The predicted octanol–water partition coefficient (Wildman–Crippen LogP) is 0.510. The molecule has 4 heterocycles. The van der Waals surface area contributed by atoms with Gasteiger partial charge < -0.3 is 15.1 Å². The number of amides is 1. The Morgan fingerprint density at radius 1 is 1.25 bits per heavy atom. The Morgan fingerprint density at radius 3 is 2.95 bits per heavy atom. The molecular weight excluding hydrogens is 256 g/mol. The lowest BCUT2D eigenvalue weighted by molar-refractivity contribution is -0.269. The zero-order valence-corrected chi connectivity index (χ0v) is 11.9. The standard InChI is InChI=1S/C15H24N2O3/c18-13-5-3-6-15(20)11-8-10(9-17(13)15)12-4-1-2-7-16(12)14(11)19/h10-12,14,19-20H,1-9H2/t10-,11-,12+,14?,15-/m0/s1. The van der Waals surface area contributed by atoms with Crippen molar-refractivity contribution in [2.45, 2.75) is 62.9 Å². The first-order valence-electron chi connectivity index (χ1n) is 8.08. The summed E-state index contributed by atoms with van der Waals surface area (Å²) in [7, 11) is 0. The Kier molecular flexibility index (Phi) is 2.88. The van der Waals surface area contributed by atoms with Crippen LogP contribution in [-0.2, 0) is 4.79 Å². The van der Waals surface area contributed by atoms with E-state index in [2.05, 4.69) is 4.90 Å². The minimum atomic E-state index is -1.10. The van der Waals surface area contributed by atoms with Crippen LogP contribution in [0.15, 0.2) is 0 Å². The van der Waals surface area contributed by atoms with Gasteiger partial charge in [0.05, 0.1) is 0 Å². The molecule has 4 fully saturated rings. The van der Waals surface area contributed by atoms with Crippen molar-refractivity contribution >= 4 is 5.91 Å². The molecule has 4 saturated heterocycles. The smallest absolute Gasteiger partial charge is 0.224 e. The molecule has 0 radical (unpaired) electrons. The lowest BCUT2D eigenvalue weighted by atomic mass is 9.68. The minimum absolute atomic E-state index is 0.0740. The minimum Gasteiger partial charge on any atom is -0.378 e. The zero-order valence-electron chi connectivity index (χ0n) is 11.9. The highest BCUT2D eigenvalue weighted by molar-refractivity contribution is 5.78. The largest absolute Gasteiger partial charge is 0.378 e. The van der Waals surface area contributed by atoms with Crippen LogP contribution in [0, 0.1) is 11.8 Å². The molecule has 1 unspecified atom stereocenters. The molecule has 4 aliphatic rings. The fourth-order valence-corrected chi connectivity index (χ4v) is 5.14. The monoisotopic (exact) mass is 280 g/mol. The Morgan fingerprint density at radius 2 is 2.10 bits per heavy atom. The van der Waals surface area contributed by atoms with Crippen LogP contribution < -0.4 is 0 Å². The summed E-state index contributed by atoms with van der Waals surface area (Å²) in [6.07, 6.45) is 5.65. The second-order valence-electron chi connectivity index (χ2n) is 7.05. The summed E-state index contributed by atoms with van der Waals surface area (Å²) in [5.41, 5.74) is -1.10. The Labute approximate surface area is 119 Å². The number of aliphatic hydroxyl groups excluding tert-OH is 1. The molecule has 0 aliphatic carbocycles. The van der Waals surface area contributed by atoms with Crippen molar-refractivity contribution in [1.82, 2.24) is 9.80 Å². The Hall–Kier alpha value is -0.650. The van der Waals surface area contributed by atoms with E-state index in [0.717, 1.165) is 32.2 Å². The first-order valence-corrected chi connectivity index (χ1v) is 8.08. The van der Waals surface area contributed by atoms with Gasteiger partial charge in [0.15, 0.2) is 0 Å². The number of carbonyl (C=O) groups is 1. The van der Waals surface area contributed by atoms with E-state index < -0.39 is 12.0 Å². The topological polar surface area (TPSA) is 64.0 Å². The van der Waals surface area contributed by atoms with Crippen LogP contribution in [0.3, 0.4) is 0 Å². The van der Waals surface area contributed by atoms with Gasteiger partial charge in [-0.3, -0.25) is 9.69 Å². The zero-order chi connectivity index (χ0) is 13.9. The molecule has 5 nitrogen and oxygen atoms in total. The highest BCUT2D eigenvalue weighted by Crippen LogP contribution is 2.49. The summed E-state index contributed by atoms with van der Waals surface area (Å²) in [4.78, 5) is 16.1. The first-order chi connectivity index (χ1) is 9.61. The van der Waals surface area contributed by atoms with Crippen molar-refractivity contribution in [1.29, 1.82) is 0 Å². The van der Waals surface area contributed by atoms with Crippen molar-refractivity contribution in [2.75, 3.05) is 13.1 Å². The highest BCUT2D eigenvalue weighted by atomic mass is 16.3. The summed E-state index contributed by atoms with van der Waals surface area (Å²) < 4.78 is 0. The van der Waals surface area contributed by atoms with E-state index in [4.69, 9.17) is 0 Å². The van der Waals surface area contributed by atoms with Gasteiger partial charge in [-0.05, 0) is 38.0 Å². The van der Waals surface area contributed by atoms with Gasteiger partial charge >= 0.3 is 0 Å². The molecular formula is C15H24N2O3. The van der Waals surface area contributed by atoms with Gasteiger partial charge in [-0.2, -0.15) is 0 Å². The van der Waals surface area contributed by atoms with Gasteiger partial charge in [-0.25, -0.2) is 0 Å². The van der Waals surface area contributed by atoms with E-state index in [-0.39, 0.29) is 11.8 Å². The van der Waals surface area contributed by atoms with Gasteiger partial charge in [0.25, 0.3) is 0 Å². The lowest BCUT2D eigenvalue weighted by Crippen LogP contribution is -2.73. The molecule has 1 amide bonds. The highest BCUT2D eigenvalue weighted by Gasteiger charge is 2.59. The van der Waals surface area contributed by atoms with Crippen LogP contribution >= 0.6 is 0 Å². The molecule has 2 N–H and O–H groups in total. The van der Waals surface area contributed by atoms with E-state index in [0.29, 0.717) is 31.3 Å². The summed E-state index contributed by atoms with van der Waals surface area (Å²) in [6.45, 7) is 1.61. The molecule has 112 valence electrons. The third-order valence-corrected chi connectivity index (χ3v) is 6.11. The quantitative estimate of drug-likeness (QED) is 0.678. The van der Waals surface area contributed by atoms with Gasteiger partial charge in [-0.1, -0.05) is 6.42 Å². The number of nitrogens with zero attached hydrogens (tertiary/aromatic N) is 2. The van der Waals surface area contributed by atoms with Gasteiger partial charge in [0.1, 0.15) is 12.0 Å². The van der Waals surface area contributed by atoms with Crippen LogP contribution in [0.4, 0.5) is 0 Å². The second kappa shape index (κ2) is 4.42. The van der Waals surface area contributed by atoms with E-state index in [1.807, 2.05) is 0 Å². The fourth-order valence-electron chi connectivity index (χ4n) is 5.14. The number of fused-ring (bicyclic) bond motifs is 6. The van der Waals surface area contributed by atoms with E-state index in [1.54, 1.807) is 4.90 Å². The van der Waals surface area contributed by atoms with Crippen molar-refractivity contribution < 1.29 is 15.0 Å². The third kappa shape index (κ3) is 1.63. The van der Waals surface area contributed by atoms with Crippen LogP contribution in [-0.4, -0.2) is 57.0 Å². The number of rotatable bonds is 0. The molecule has 0 aromatic carbocycles. The van der Waals surface area contributed by atoms with E-state index in [9.17, 15) is 15.0 Å². The van der Waals surface area contributed by atoms with Crippen molar-refractivity contribution in [3.63, 3.8) is 0 Å². The van der Waals surface area contributed by atoms with Crippen molar-refractivity contribution in [2.24, 2.45) is 11.8 Å². The molecule has 0 aromatic rings. The second-order valence-corrected chi connectivity index (χ2v) is 7.05. The molecule has 0 spiro atoms. The average Bonchev–Trinajstić information content (AvgIpc) is 2.45. The summed E-state index contributed by atoms with van der Waals surface area (Å²) in [5.74, 6) is 0.302. The summed E-state index contributed by atoms with van der Waals surface area (Å²) in [5, 5.41) is 21.8. The molecule has 20 heavy (non-hydrogen) atoms. The third-order valence-electron chi connectivity index (χ3n) is 6.11. The number of aliphatic hydroxyl groups is 2. The average molecular weight is 280 g/mol. The maximum Gasteiger partial charge on any atom is 0.224 e. The maximum atomic E-state index is 12.2. The van der Waals surface area contributed by atoms with Crippen LogP contribution in [0.1, 0.15) is 44.9 Å². The number of piperidine rings is 4.